The molecule has 2 rings (SSSR count). The van der Waals surface area contributed by atoms with Gasteiger partial charge in [-0.25, -0.2) is 9.59 Å². The largest absolute Gasteiger partial charge is 0.477 e. The average molecular weight is 280 g/mol. The molecule has 4 N–H and O–H groups in total. The van der Waals surface area contributed by atoms with Gasteiger partial charge in [0.05, 0.1) is 5.69 Å². The number of carboxylic acids is 1. The second-order valence-corrected chi connectivity index (χ2v) is 4.30. The number of piperazine rings is 1. The van der Waals surface area contributed by atoms with E-state index in [-0.39, 0.29) is 24.5 Å². The Morgan fingerprint density at radius 3 is 2.45 bits per heavy atom. The van der Waals surface area contributed by atoms with Crippen molar-refractivity contribution in [3.05, 3.63) is 17.5 Å². The molecule has 1 fully saturated rings. The standard InChI is InChI=1S/C11H12N4O5/c1-5-2-6(9(12-5)10(18)19)13-11(20)15-3-7(16)14-8(17)4-15/h2,12H,3-4H2,1H3,(H,13,20)(H,18,19)(H,14,16,17). The van der Waals surface area contributed by atoms with Crippen LogP contribution in [0.15, 0.2) is 6.07 Å². The number of amides is 4. The number of aromatic nitrogens is 1. The van der Waals surface area contributed by atoms with Crippen LogP contribution in [0.5, 0.6) is 0 Å². The number of urea groups is 1. The first-order chi connectivity index (χ1) is 9.36. The summed E-state index contributed by atoms with van der Waals surface area (Å²) in [6.07, 6.45) is 0. The first kappa shape index (κ1) is 13.6. The van der Waals surface area contributed by atoms with E-state index >= 15 is 0 Å². The number of nitrogens with one attached hydrogen (secondary N) is 3. The lowest BCUT2D eigenvalue weighted by atomic mass is 10.3. The molecule has 4 amide bonds. The summed E-state index contributed by atoms with van der Waals surface area (Å²) in [5.74, 6) is -2.39. The monoisotopic (exact) mass is 280 g/mol. The van der Waals surface area contributed by atoms with Gasteiger partial charge in [0.25, 0.3) is 0 Å². The zero-order valence-corrected chi connectivity index (χ0v) is 10.5. The number of aromatic amines is 1. The molecule has 1 aliphatic rings. The zero-order chi connectivity index (χ0) is 14.9. The van der Waals surface area contributed by atoms with Crippen LogP contribution < -0.4 is 10.6 Å². The lowest BCUT2D eigenvalue weighted by Gasteiger charge is -2.25. The van der Waals surface area contributed by atoms with Crippen LogP contribution in [0.4, 0.5) is 10.5 Å². The van der Waals surface area contributed by atoms with Gasteiger partial charge in [-0.2, -0.15) is 0 Å². The molecule has 0 bridgehead atoms. The predicted octanol–water partition coefficient (Wildman–Crippen LogP) is -0.488. The van der Waals surface area contributed by atoms with Crippen molar-refractivity contribution in [1.29, 1.82) is 0 Å². The Morgan fingerprint density at radius 2 is 1.90 bits per heavy atom. The molecular formula is C11H12N4O5. The maximum Gasteiger partial charge on any atom is 0.354 e. The van der Waals surface area contributed by atoms with Crippen LogP contribution in [0.3, 0.4) is 0 Å². The first-order valence-electron chi connectivity index (χ1n) is 5.68. The molecule has 0 aliphatic carbocycles. The second-order valence-electron chi connectivity index (χ2n) is 4.30. The molecule has 20 heavy (non-hydrogen) atoms. The smallest absolute Gasteiger partial charge is 0.354 e. The molecule has 9 heteroatoms. The van der Waals surface area contributed by atoms with Crippen LogP contribution in [0.2, 0.25) is 0 Å². The molecule has 0 radical (unpaired) electrons. The van der Waals surface area contributed by atoms with Crippen molar-refractivity contribution < 1.29 is 24.3 Å². The van der Waals surface area contributed by atoms with E-state index in [4.69, 9.17) is 5.11 Å². The van der Waals surface area contributed by atoms with E-state index in [1.54, 1.807) is 6.92 Å². The number of anilines is 1. The Balaban J connectivity index is 2.13. The third-order valence-corrected chi connectivity index (χ3v) is 2.64. The number of hydrogen-bond acceptors (Lipinski definition) is 4. The molecule has 1 aliphatic heterocycles. The highest BCUT2D eigenvalue weighted by atomic mass is 16.4. The molecule has 0 atom stereocenters. The SMILES string of the molecule is Cc1cc(NC(=O)N2CC(=O)NC(=O)C2)c(C(=O)O)[nH]1. The number of imide groups is 1. The summed E-state index contributed by atoms with van der Waals surface area (Å²) in [7, 11) is 0. The van der Waals surface area contributed by atoms with E-state index in [9.17, 15) is 19.2 Å². The lowest BCUT2D eigenvalue weighted by molar-refractivity contribution is -0.134. The number of carboxylic acid groups (broad SMARTS) is 1. The van der Waals surface area contributed by atoms with E-state index in [1.165, 1.54) is 6.07 Å². The number of nitrogens with zero attached hydrogens (tertiary/aromatic N) is 1. The van der Waals surface area contributed by atoms with E-state index in [0.717, 1.165) is 4.90 Å². The first-order valence-corrected chi connectivity index (χ1v) is 5.68. The Labute approximate surface area is 112 Å². The zero-order valence-electron chi connectivity index (χ0n) is 10.5. The summed E-state index contributed by atoms with van der Waals surface area (Å²) >= 11 is 0. The maximum absolute atomic E-state index is 11.9. The highest BCUT2D eigenvalue weighted by Gasteiger charge is 2.27. The van der Waals surface area contributed by atoms with Crippen molar-refractivity contribution in [1.82, 2.24) is 15.2 Å². The lowest BCUT2D eigenvalue weighted by Crippen LogP contribution is -2.54. The van der Waals surface area contributed by atoms with Crippen LogP contribution in [0, 0.1) is 6.92 Å². The van der Waals surface area contributed by atoms with Gasteiger partial charge < -0.3 is 20.3 Å². The average Bonchev–Trinajstić information content (AvgIpc) is 2.69. The van der Waals surface area contributed by atoms with Crippen molar-refractivity contribution in [3.8, 4) is 0 Å². The normalized spacial score (nSPS) is 14.9. The summed E-state index contributed by atoms with van der Waals surface area (Å²) in [5, 5.41) is 13.4. The Hall–Kier alpha value is -2.84. The van der Waals surface area contributed by atoms with Crippen LogP contribution in [0.1, 0.15) is 16.2 Å². The van der Waals surface area contributed by atoms with Crippen LogP contribution in [-0.2, 0) is 9.59 Å². The molecule has 0 saturated carbocycles. The van der Waals surface area contributed by atoms with E-state index in [2.05, 4.69) is 15.6 Å². The van der Waals surface area contributed by atoms with Crippen molar-refractivity contribution >= 4 is 29.5 Å². The quantitative estimate of drug-likeness (QED) is 0.543. The number of aryl methyl sites for hydroxylation is 1. The third-order valence-electron chi connectivity index (χ3n) is 2.64. The van der Waals surface area contributed by atoms with Gasteiger partial charge in [0.2, 0.25) is 11.8 Å². The molecular weight excluding hydrogens is 268 g/mol. The number of H-pyrrole nitrogens is 1. The van der Waals surface area contributed by atoms with E-state index < -0.39 is 23.8 Å². The summed E-state index contributed by atoms with van der Waals surface area (Å²) in [4.78, 5) is 48.8. The Bertz CT molecular complexity index is 590. The molecule has 1 aromatic heterocycles. The van der Waals surface area contributed by atoms with Gasteiger partial charge >= 0.3 is 12.0 Å². The summed E-state index contributed by atoms with van der Waals surface area (Å²) in [6, 6.07) is 0.738. The van der Waals surface area contributed by atoms with Crippen molar-refractivity contribution in [2.45, 2.75) is 6.92 Å². The highest BCUT2D eigenvalue weighted by Crippen LogP contribution is 2.17. The molecule has 1 saturated heterocycles. The minimum atomic E-state index is -1.22. The van der Waals surface area contributed by atoms with Gasteiger partial charge in [-0.3, -0.25) is 14.9 Å². The number of carbonyl (C=O) groups is 4. The highest BCUT2D eigenvalue weighted by molar-refractivity contribution is 6.05. The van der Waals surface area contributed by atoms with Crippen LogP contribution in [-0.4, -0.2) is 51.9 Å². The maximum atomic E-state index is 11.9. The summed E-state index contributed by atoms with van der Waals surface area (Å²) in [6.45, 7) is 1.12. The summed E-state index contributed by atoms with van der Waals surface area (Å²) in [5.41, 5.74) is 0.479. The molecule has 2 heterocycles. The molecule has 0 spiro atoms. The number of carbonyl (C=O) groups excluding carboxylic acids is 3. The van der Waals surface area contributed by atoms with Gasteiger partial charge in [0, 0.05) is 5.69 Å². The van der Waals surface area contributed by atoms with Crippen LogP contribution in [0.25, 0.3) is 0 Å². The van der Waals surface area contributed by atoms with Gasteiger partial charge in [-0.05, 0) is 13.0 Å². The van der Waals surface area contributed by atoms with Crippen LogP contribution >= 0.6 is 0 Å². The number of rotatable bonds is 2. The van der Waals surface area contributed by atoms with Crippen molar-refractivity contribution in [3.63, 3.8) is 0 Å². The predicted molar refractivity (Wildman–Crippen MR) is 66.2 cm³/mol. The van der Waals surface area contributed by atoms with E-state index in [0.29, 0.717) is 5.69 Å². The topological polar surface area (TPSA) is 132 Å². The minimum Gasteiger partial charge on any atom is -0.477 e. The Kier molecular flexibility index (Phi) is 3.42. The molecule has 106 valence electrons. The van der Waals surface area contributed by atoms with Crippen molar-refractivity contribution in [2.24, 2.45) is 0 Å². The Morgan fingerprint density at radius 1 is 1.30 bits per heavy atom. The fourth-order valence-electron chi connectivity index (χ4n) is 1.83. The van der Waals surface area contributed by atoms with Gasteiger partial charge in [-0.1, -0.05) is 0 Å². The van der Waals surface area contributed by atoms with Crippen molar-refractivity contribution in [2.75, 3.05) is 18.4 Å². The van der Waals surface area contributed by atoms with Gasteiger partial charge in [0.15, 0.2) is 0 Å². The fraction of sp³-hybridized carbons (Fsp3) is 0.273. The number of aromatic carboxylic acids is 1. The number of hydrogen-bond donors (Lipinski definition) is 4. The minimum absolute atomic E-state index is 0.0819. The fourth-order valence-corrected chi connectivity index (χ4v) is 1.83. The molecule has 1 aromatic rings. The molecule has 0 aromatic carbocycles. The van der Waals surface area contributed by atoms with Gasteiger partial charge in [-0.15, -0.1) is 0 Å². The molecule has 9 nitrogen and oxygen atoms in total. The third kappa shape index (κ3) is 2.76. The van der Waals surface area contributed by atoms with Gasteiger partial charge in [0.1, 0.15) is 18.8 Å². The summed E-state index contributed by atoms with van der Waals surface area (Å²) < 4.78 is 0. The molecule has 0 unspecified atom stereocenters. The second kappa shape index (κ2) is 5.03. The van der Waals surface area contributed by atoms with E-state index in [1.807, 2.05) is 0 Å².